The Balaban J connectivity index is 1.30. The van der Waals surface area contributed by atoms with Crippen LogP contribution in [0, 0.1) is 12.8 Å². The zero-order chi connectivity index (χ0) is 21.6. The highest BCUT2D eigenvalue weighted by Gasteiger charge is 2.26. The van der Waals surface area contributed by atoms with E-state index in [0.717, 1.165) is 49.0 Å². The summed E-state index contributed by atoms with van der Waals surface area (Å²) in [6.07, 6.45) is 6.26. The van der Waals surface area contributed by atoms with Crippen molar-refractivity contribution in [2.45, 2.75) is 26.2 Å². The zero-order valence-corrected chi connectivity index (χ0v) is 18.0. The number of hydrogen-bond donors (Lipinski definition) is 1. The minimum atomic E-state index is -0.0398. The molecule has 4 rings (SSSR count). The summed E-state index contributed by atoms with van der Waals surface area (Å²) < 4.78 is 7.08. The van der Waals surface area contributed by atoms with Crippen LogP contribution in [0.2, 0.25) is 0 Å². The number of methoxy groups -OCH3 is 1. The number of aryl methyl sites for hydroxylation is 1. The number of carbonyl (C=O) groups excluding carboxylic acids is 1. The van der Waals surface area contributed by atoms with Crippen molar-refractivity contribution in [2.75, 3.05) is 31.6 Å². The molecule has 1 saturated heterocycles. The third kappa shape index (κ3) is 5.02. The van der Waals surface area contributed by atoms with E-state index < -0.39 is 0 Å². The van der Waals surface area contributed by atoms with Crippen LogP contribution in [-0.2, 0) is 11.2 Å². The van der Waals surface area contributed by atoms with Gasteiger partial charge in [0.2, 0.25) is 5.91 Å². The number of amides is 1. The third-order valence-electron chi connectivity index (χ3n) is 5.70. The SMILES string of the molecule is COc1ccc(CCNC(=O)C2CCCN(c3ccc(-n4ccnc4C)nn3)C2)cc1. The van der Waals surface area contributed by atoms with Crippen LogP contribution in [0.3, 0.4) is 0 Å². The number of imidazole rings is 1. The lowest BCUT2D eigenvalue weighted by molar-refractivity contribution is -0.125. The van der Waals surface area contributed by atoms with Crippen LogP contribution < -0.4 is 15.0 Å². The molecule has 1 fully saturated rings. The molecule has 162 valence electrons. The van der Waals surface area contributed by atoms with Gasteiger partial charge in [0.25, 0.3) is 0 Å². The molecule has 3 aromatic rings. The van der Waals surface area contributed by atoms with Gasteiger partial charge in [0.15, 0.2) is 11.6 Å². The molecule has 0 aliphatic carbocycles. The van der Waals surface area contributed by atoms with Gasteiger partial charge in [-0.25, -0.2) is 4.98 Å². The number of piperidine rings is 1. The van der Waals surface area contributed by atoms with E-state index in [4.69, 9.17) is 4.74 Å². The molecule has 1 aliphatic heterocycles. The normalized spacial score (nSPS) is 16.2. The molecule has 2 aromatic heterocycles. The van der Waals surface area contributed by atoms with Gasteiger partial charge in [0, 0.05) is 32.0 Å². The summed E-state index contributed by atoms with van der Waals surface area (Å²) in [5, 5.41) is 11.8. The van der Waals surface area contributed by atoms with Gasteiger partial charge in [-0.2, -0.15) is 0 Å². The maximum Gasteiger partial charge on any atom is 0.224 e. The zero-order valence-electron chi connectivity index (χ0n) is 18.0. The van der Waals surface area contributed by atoms with E-state index >= 15 is 0 Å². The van der Waals surface area contributed by atoms with Crippen molar-refractivity contribution >= 4 is 11.7 Å². The number of benzene rings is 1. The van der Waals surface area contributed by atoms with Gasteiger partial charge in [-0.1, -0.05) is 12.1 Å². The second kappa shape index (κ2) is 9.59. The molecule has 1 unspecified atom stereocenters. The Hall–Kier alpha value is -3.42. The van der Waals surface area contributed by atoms with Gasteiger partial charge in [0.1, 0.15) is 11.6 Å². The molecule has 0 saturated carbocycles. The van der Waals surface area contributed by atoms with E-state index in [1.165, 1.54) is 5.56 Å². The number of rotatable bonds is 7. The fraction of sp³-hybridized carbons (Fsp3) is 0.391. The van der Waals surface area contributed by atoms with Gasteiger partial charge in [-0.3, -0.25) is 9.36 Å². The molecule has 0 spiro atoms. The Labute approximate surface area is 182 Å². The van der Waals surface area contributed by atoms with Crippen molar-refractivity contribution in [1.29, 1.82) is 0 Å². The summed E-state index contributed by atoms with van der Waals surface area (Å²) in [7, 11) is 1.66. The molecular weight excluding hydrogens is 392 g/mol. The molecule has 8 nitrogen and oxygen atoms in total. The maximum absolute atomic E-state index is 12.7. The predicted octanol–water partition coefficient (Wildman–Crippen LogP) is 2.55. The van der Waals surface area contributed by atoms with E-state index in [-0.39, 0.29) is 11.8 Å². The number of nitrogens with zero attached hydrogens (tertiary/aromatic N) is 5. The molecule has 8 heteroatoms. The lowest BCUT2D eigenvalue weighted by Gasteiger charge is -2.32. The van der Waals surface area contributed by atoms with E-state index in [1.807, 2.05) is 54.1 Å². The fourth-order valence-corrected chi connectivity index (χ4v) is 3.90. The summed E-state index contributed by atoms with van der Waals surface area (Å²) in [5.41, 5.74) is 1.18. The second-order valence-electron chi connectivity index (χ2n) is 7.77. The summed E-state index contributed by atoms with van der Waals surface area (Å²) >= 11 is 0. The van der Waals surface area contributed by atoms with Gasteiger partial charge in [0.05, 0.1) is 13.0 Å². The molecule has 1 aliphatic rings. The molecule has 31 heavy (non-hydrogen) atoms. The number of anilines is 1. The third-order valence-corrected chi connectivity index (χ3v) is 5.70. The fourth-order valence-electron chi connectivity index (χ4n) is 3.90. The highest BCUT2D eigenvalue weighted by atomic mass is 16.5. The van der Waals surface area contributed by atoms with Crippen LogP contribution in [0.1, 0.15) is 24.2 Å². The highest BCUT2D eigenvalue weighted by molar-refractivity contribution is 5.79. The first-order chi connectivity index (χ1) is 15.1. The minimum absolute atomic E-state index is 0.0398. The monoisotopic (exact) mass is 420 g/mol. The Bertz CT molecular complexity index is 1000. The van der Waals surface area contributed by atoms with E-state index in [0.29, 0.717) is 13.1 Å². The van der Waals surface area contributed by atoms with Gasteiger partial charge < -0.3 is 15.0 Å². The minimum Gasteiger partial charge on any atom is -0.497 e. The summed E-state index contributed by atoms with van der Waals surface area (Å²) in [5.74, 6) is 3.32. The van der Waals surface area contributed by atoms with Crippen molar-refractivity contribution in [1.82, 2.24) is 25.1 Å². The van der Waals surface area contributed by atoms with E-state index in [1.54, 1.807) is 13.3 Å². The topological polar surface area (TPSA) is 85.2 Å². The molecule has 3 heterocycles. The summed E-state index contributed by atoms with van der Waals surface area (Å²) in [6.45, 7) is 4.10. The highest BCUT2D eigenvalue weighted by Crippen LogP contribution is 2.22. The van der Waals surface area contributed by atoms with Crippen molar-refractivity contribution in [2.24, 2.45) is 5.92 Å². The lowest BCUT2D eigenvalue weighted by Crippen LogP contribution is -2.43. The van der Waals surface area contributed by atoms with Gasteiger partial charge in [-0.15, -0.1) is 10.2 Å². The standard InChI is InChI=1S/C23H28N6O2/c1-17-24-13-15-29(17)22-10-9-21(26-27-22)28-14-3-4-19(16-28)23(30)25-12-11-18-5-7-20(31-2)8-6-18/h5-10,13,15,19H,3-4,11-12,14,16H2,1-2H3,(H,25,30). The van der Waals surface area contributed by atoms with Crippen LogP contribution in [0.25, 0.3) is 5.82 Å². The number of aromatic nitrogens is 4. The van der Waals surface area contributed by atoms with Crippen LogP contribution in [-0.4, -0.2) is 52.4 Å². The number of hydrogen-bond acceptors (Lipinski definition) is 6. The molecule has 0 radical (unpaired) electrons. The first kappa shape index (κ1) is 20.8. The molecule has 1 aromatic carbocycles. The first-order valence-electron chi connectivity index (χ1n) is 10.6. The van der Waals surface area contributed by atoms with Gasteiger partial charge in [-0.05, 0) is 56.0 Å². The Morgan fingerprint density at radius 1 is 1.16 bits per heavy atom. The second-order valence-corrected chi connectivity index (χ2v) is 7.77. The number of carbonyl (C=O) groups is 1. The van der Waals surface area contributed by atoms with Crippen LogP contribution in [0.5, 0.6) is 5.75 Å². The van der Waals surface area contributed by atoms with Crippen molar-refractivity contribution in [3.05, 3.63) is 60.2 Å². The summed E-state index contributed by atoms with van der Waals surface area (Å²) in [4.78, 5) is 19.1. The Morgan fingerprint density at radius 3 is 2.61 bits per heavy atom. The summed E-state index contributed by atoms with van der Waals surface area (Å²) in [6, 6.07) is 11.8. The Morgan fingerprint density at radius 2 is 1.94 bits per heavy atom. The first-order valence-corrected chi connectivity index (χ1v) is 10.6. The molecular formula is C23H28N6O2. The predicted molar refractivity (Wildman–Crippen MR) is 119 cm³/mol. The van der Waals surface area contributed by atoms with Crippen LogP contribution in [0.4, 0.5) is 5.82 Å². The Kier molecular flexibility index (Phi) is 6.45. The quantitative estimate of drug-likeness (QED) is 0.632. The number of nitrogens with one attached hydrogen (secondary N) is 1. The molecule has 1 amide bonds. The number of ether oxygens (including phenoxy) is 1. The van der Waals surface area contributed by atoms with Crippen LogP contribution in [0.15, 0.2) is 48.8 Å². The van der Waals surface area contributed by atoms with E-state index in [2.05, 4.69) is 25.4 Å². The van der Waals surface area contributed by atoms with Crippen molar-refractivity contribution in [3.8, 4) is 11.6 Å². The molecule has 1 atom stereocenters. The average molecular weight is 421 g/mol. The van der Waals surface area contributed by atoms with Crippen molar-refractivity contribution in [3.63, 3.8) is 0 Å². The smallest absolute Gasteiger partial charge is 0.224 e. The molecule has 1 N–H and O–H groups in total. The van der Waals surface area contributed by atoms with Crippen molar-refractivity contribution < 1.29 is 9.53 Å². The largest absolute Gasteiger partial charge is 0.497 e. The average Bonchev–Trinajstić information content (AvgIpc) is 3.25. The van der Waals surface area contributed by atoms with Gasteiger partial charge >= 0.3 is 0 Å². The van der Waals surface area contributed by atoms with Crippen LogP contribution >= 0.6 is 0 Å². The lowest BCUT2D eigenvalue weighted by atomic mass is 9.97. The maximum atomic E-state index is 12.7. The van der Waals surface area contributed by atoms with E-state index in [9.17, 15) is 4.79 Å². The molecule has 0 bridgehead atoms.